The molecule has 0 aliphatic carbocycles. The Labute approximate surface area is 147 Å². The molecular weight excluding hydrogens is 320 g/mol. The molecular formula is C18H24N4O3. The highest BCUT2D eigenvalue weighted by Crippen LogP contribution is 2.29. The van der Waals surface area contributed by atoms with Crippen molar-refractivity contribution in [3.05, 3.63) is 36.2 Å². The Hall–Kier alpha value is -2.83. The molecule has 0 radical (unpaired) electrons. The van der Waals surface area contributed by atoms with Gasteiger partial charge in [-0.25, -0.2) is 9.97 Å². The van der Waals surface area contributed by atoms with Crippen LogP contribution in [0.15, 0.2) is 30.5 Å². The second-order valence-electron chi connectivity index (χ2n) is 5.42. The first-order valence-electron chi connectivity index (χ1n) is 8.28. The van der Waals surface area contributed by atoms with E-state index >= 15 is 0 Å². The van der Waals surface area contributed by atoms with Gasteiger partial charge in [-0.3, -0.25) is 4.79 Å². The van der Waals surface area contributed by atoms with Crippen LogP contribution in [0.4, 0.5) is 11.6 Å². The summed E-state index contributed by atoms with van der Waals surface area (Å²) in [7, 11) is 3.11. The van der Waals surface area contributed by atoms with Crippen LogP contribution >= 0.6 is 0 Å². The highest BCUT2D eigenvalue weighted by Gasteiger charge is 2.12. The number of amides is 1. The van der Waals surface area contributed by atoms with Gasteiger partial charge in [0.05, 0.1) is 19.9 Å². The van der Waals surface area contributed by atoms with Crippen molar-refractivity contribution >= 4 is 17.5 Å². The Kier molecular flexibility index (Phi) is 7.00. The Balaban J connectivity index is 2.05. The van der Waals surface area contributed by atoms with Gasteiger partial charge in [0.15, 0.2) is 0 Å². The summed E-state index contributed by atoms with van der Waals surface area (Å²) < 4.78 is 10.4. The maximum absolute atomic E-state index is 12.4. The summed E-state index contributed by atoms with van der Waals surface area (Å²) in [5.74, 6) is 1.28. The molecule has 7 nitrogen and oxygen atoms in total. The zero-order valence-electron chi connectivity index (χ0n) is 14.8. The quantitative estimate of drug-likeness (QED) is 0.679. The molecule has 2 N–H and O–H groups in total. The van der Waals surface area contributed by atoms with Gasteiger partial charge in [-0.15, -0.1) is 0 Å². The average Bonchev–Trinajstić information content (AvgIpc) is 2.65. The molecule has 1 amide bonds. The second kappa shape index (κ2) is 9.46. The van der Waals surface area contributed by atoms with E-state index in [1.807, 2.05) is 0 Å². The van der Waals surface area contributed by atoms with Crippen molar-refractivity contribution in [2.45, 2.75) is 26.2 Å². The highest BCUT2D eigenvalue weighted by molar-refractivity contribution is 6.03. The summed E-state index contributed by atoms with van der Waals surface area (Å²) in [4.78, 5) is 20.8. The summed E-state index contributed by atoms with van der Waals surface area (Å²) in [6.45, 7) is 2.93. The van der Waals surface area contributed by atoms with Crippen LogP contribution in [0.2, 0.25) is 0 Å². The van der Waals surface area contributed by atoms with Crippen LogP contribution in [-0.2, 0) is 0 Å². The van der Waals surface area contributed by atoms with E-state index in [-0.39, 0.29) is 11.6 Å². The van der Waals surface area contributed by atoms with E-state index in [1.54, 1.807) is 37.6 Å². The first-order chi connectivity index (χ1) is 12.2. The van der Waals surface area contributed by atoms with Crippen LogP contribution in [-0.4, -0.2) is 36.6 Å². The maximum Gasteiger partial charge on any atom is 0.274 e. The molecule has 25 heavy (non-hydrogen) atoms. The summed E-state index contributed by atoms with van der Waals surface area (Å²) in [6.07, 6.45) is 4.90. The number of benzene rings is 1. The topological polar surface area (TPSA) is 85.4 Å². The van der Waals surface area contributed by atoms with Crippen LogP contribution in [0.1, 0.15) is 36.7 Å². The molecule has 0 saturated carbocycles. The fraction of sp³-hybridized carbons (Fsp3) is 0.389. The van der Waals surface area contributed by atoms with Gasteiger partial charge in [-0.05, 0) is 24.6 Å². The van der Waals surface area contributed by atoms with Crippen molar-refractivity contribution < 1.29 is 14.3 Å². The molecule has 7 heteroatoms. The molecule has 0 bridgehead atoms. The fourth-order valence-electron chi connectivity index (χ4n) is 2.23. The number of methoxy groups -OCH3 is 2. The predicted molar refractivity (Wildman–Crippen MR) is 97.5 cm³/mol. The number of anilines is 2. The number of ether oxygens (including phenoxy) is 2. The zero-order valence-corrected chi connectivity index (χ0v) is 14.8. The van der Waals surface area contributed by atoms with Crippen molar-refractivity contribution in [3.63, 3.8) is 0 Å². The lowest BCUT2D eigenvalue weighted by Gasteiger charge is -2.11. The van der Waals surface area contributed by atoms with Crippen molar-refractivity contribution in [2.75, 3.05) is 31.4 Å². The Morgan fingerprint density at radius 3 is 2.72 bits per heavy atom. The molecule has 1 aromatic carbocycles. The fourth-order valence-corrected chi connectivity index (χ4v) is 2.23. The zero-order chi connectivity index (χ0) is 18.1. The van der Waals surface area contributed by atoms with E-state index < -0.39 is 0 Å². The Morgan fingerprint density at radius 1 is 1.16 bits per heavy atom. The molecule has 0 saturated heterocycles. The van der Waals surface area contributed by atoms with E-state index in [0.29, 0.717) is 23.1 Å². The number of rotatable bonds is 9. The number of carbonyl (C=O) groups excluding carboxylic acids is 1. The number of hydrogen-bond donors (Lipinski definition) is 2. The van der Waals surface area contributed by atoms with Crippen LogP contribution in [0.5, 0.6) is 11.5 Å². The number of nitrogens with one attached hydrogen (secondary N) is 2. The van der Waals surface area contributed by atoms with Gasteiger partial charge < -0.3 is 20.1 Å². The lowest BCUT2D eigenvalue weighted by atomic mass is 10.2. The van der Waals surface area contributed by atoms with Crippen molar-refractivity contribution in [1.29, 1.82) is 0 Å². The lowest BCUT2D eigenvalue weighted by molar-refractivity contribution is 0.102. The molecule has 134 valence electrons. The van der Waals surface area contributed by atoms with Crippen molar-refractivity contribution in [3.8, 4) is 11.5 Å². The standard InChI is InChI=1S/C18H24N4O3/c1-4-5-6-10-19-18-20-11-9-15(22-18)17(23)21-14-8-7-13(24-2)12-16(14)25-3/h7-9,11-12H,4-6,10H2,1-3H3,(H,21,23)(H,19,20,22). The SMILES string of the molecule is CCCCCNc1nccc(C(=O)Nc2ccc(OC)cc2OC)n1. The Morgan fingerprint density at radius 2 is 2.00 bits per heavy atom. The minimum Gasteiger partial charge on any atom is -0.497 e. The van der Waals surface area contributed by atoms with Crippen molar-refractivity contribution in [2.24, 2.45) is 0 Å². The summed E-state index contributed by atoms with van der Waals surface area (Å²) in [6, 6.07) is 6.75. The van der Waals surface area contributed by atoms with Gasteiger partial charge in [0.2, 0.25) is 5.95 Å². The molecule has 0 spiro atoms. The molecule has 2 aromatic rings. The van der Waals surface area contributed by atoms with E-state index in [9.17, 15) is 4.79 Å². The highest BCUT2D eigenvalue weighted by atomic mass is 16.5. The lowest BCUT2D eigenvalue weighted by Crippen LogP contribution is -2.16. The Bertz CT molecular complexity index is 706. The van der Waals surface area contributed by atoms with Gasteiger partial charge in [0, 0.05) is 18.8 Å². The third kappa shape index (κ3) is 5.34. The maximum atomic E-state index is 12.4. The van der Waals surface area contributed by atoms with E-state index in [0.717, 1.165) is 25.8 Å². The summed E-state index contributed by atoms with van der Waals surface area (Å²) >= 11 is 0. The third-order valence-corrected chi connectivity index (χ3v) is 3.61. The number of aromatic nitrogens is 2. The molecule has 2 rings (SSSR count). The molecule has 1 aromatic heterocycles. The van der Waals surface area contributed by atoms with Crippen molar-refractivity contribution in [1.82, 2.24) is 9.97 Å². The van der Waals surface area contributed by atoms with Gasteiger partial charge in [-0.2, -0.15) is 0 Å². The molecule has 0 unspecified atom stereocenters. The van der Waals surface area contributed by atoms with Gasteiger partial charge in [-0.1, -0.05) is 19.8 Å². The summed E-state index contributed by atoms with van der Waals surface area (Å²) in [5.41, 5.74) is 0.829. The van der Waals surface area contributed by atoms with Crippen LogP contribution in [0.3, 0.4) is 0 Å². The van der Waals surface area contributed by atoms with Crippen LogP contribution < -0.4 is 20.1 Å². The third-order valence-electron chi connectivity index (χ3n) is 3.61. The molecule has 0 aliphatic rings. The van der Waals surface area contributed by atoms with Gasteiger partial charge >= 0.3 is 0 Å². The normalized spacial score (nSPS) is 10.2. The predicted octanol–water partition coefficient (Wildman–Crippen LogP) is 3.35. The van der Waals surface area contributed by atoms with E-state index in [1.165, 1.54) is 7.11 Å². The second-order valence-corrected chi connectivity index (χ2v) is 5.42. The van der Waals surface area contributed by atoms with Gasteiger partial charge in [0.25, 0.3) is 5.91 Å². The average molecular weight is 344 g/mol. The van der Waals surface area contributed by atoms with Crippen LogP contribution in [0, 0.1) is 0 Å². The van der Waals surface area contributed by atoms with Gasteiger partial charge in [0.1, 0.15) is 17.2 Å². The van der Waals surface area contributed by atoms with Crippen LogP contribution in [0.25, 0.3) is 0 Å². The number of unbranched alkanes of at least 4 members (excludes halogenated alkanes) is 2. The minimum absolute atomic E-state index is 0.283. The monoisotopic (exact) mass is 344 g/mol. The number of hydrogen-bond acceptors (Lipinski definition) is 6. The van der Waals surface area contributed by atoms with E-state index in [4.69, 9.17) is 9.47 Å². The van der Waals surface area contributed by atoms with E-state index in [2.05, 4.69) is 27.5 Å². The number of carbonyl (C=O) groups is 1. The molecule has 1 heterocycles. The summed E-state index contributed by atoms with van der Waals surface area (Å²) in [5, 5.41) is 5.93. The molecule has 0 aliphatic heterocycles. The molecule has 0 atom stereocenters. The first kappa shape index (κ1) is 18.5. The number of nitrogens with zero attached hydrogens (tertiary/aromatic N) is 2. The molecule has 0 fully saturated rings. The largest absolute Gasteiger partial charge is 0.497 e. The minimum atomic E-state index is -0.331. The first-order valence-corrected chi connectivity index (χ1v) is 8.28. The smallest absolute Gasteiger partial charge is 0.274 e.